The standard InChI is InChI=1S/C26H26N2O4.C7H13NO.ClH/c1-31-19-15-16-20(24(17-19)32-2)25-27-21-12-6-7-13-22(21)28(25)23(26(29)30)14-8-11-18-9-4-3-5-10-18;8-7(9)6-4-2-1-3-5-6;/h3-7,9-10,12-13,15-17,23H,8,11,14H2,1-2H3,(H,29,30);6H,1-5H2,(H2,8,9);1H. The van der Waals surface area contributed by atoms with Crippen molar-refractivity contribution in [2.75, 3.05) is 14.2 Å². The zero-order chi connectivity index (χ0) is 29.2. The van der Waals surface area contributed by atoms with Crippen molar-refractivity contribution in [3.63, 3.8) is 0 Å². The van der Waals surface area contributed by atoms with Crippen molar-refractivity contribution in [3.05, 3.63) is 78.4 Å². The van der Waals surface area contributed by atoms with Gasteiger partial charge in [-0.3, -0.25) is 4.79 Å². The summed E-state index contributed by atoms with van der Waals surface area (Å²) in [7, 11) is 3.18. The minimum absolute atomic E-state index is 0. The Morgan fingerprint density at radius 2 is 1.67 bits per heavy atom. The number of amides is 1. The van der Waals surface area contributed by atoms with Crippen molar-refractivity contribution in [3.8, 4) is 22.9 Å². The molecular weight excluding hydrogens is 554 g/mol. The second kappa shape index (κ2) is 15.8. The molecule has 42 heavy (non-hydrogen) atoms. The number of aliphatic carboxylic acids is 1. The van der Waals surface area contributed by atoms with Gasteiger partial charge in [-0.25, -0.2) is 9.78 Å². The predicted octanol–water partition coefficient (Wildman–Crippen LogP) is 6.84. The highest BCUT2D eigenvalue weighted by Gasteiger charge is 2.27. The third-order valence-corrected chi connectivity index (χ3v) is 7.64. The zero-order valence-electron chi connectivity index (χ0n) is 24.2. The Morgan fingerprint density at radius 3 is 2.29 bits per heavy atom. The first-order chi connectivity index (χ1) is 19.9. The molecule has 1 unspecified atom stereocenters. The smallest absolute Gasteiger partial charge is 0.326 e. The maximum Gasteiger partial charge on any atom is 0.326 e. The van der Waals surface area contributed by atoms with Crippen LogP contribution in [-0.2, 0) is 16.0 Å². The highest BCUT2D eigenvalue weighted by Crippen LogP contribution is 2.37. The van der Waals surface area contributed by atoms with E-state index in [0.29, 0.717) is 23.7 Å². The molecule has 0 spiro atoms. The summed E-state index contributed by atoms with van der Waals surface area (Å²) in [6.07, 6.45) is 7.75. The number of nitrogens with zero attached hydrogens (tertiary/aromatic N) is 2. The Morgan fingerprint density at radius 1 is 0.976 bits per heavy atom. The number of hydrogen-bond donors (Lipinski definition) is 2. The van der Waals surface area contributed by atoms with E-state index >= 15 is 0 Å². The number of carbonyl (C=O) groups is 2. The summed E-state index contributed by atoms with van der Waals surface area (Å²) >= 11 is 0. The van der Waals surface area contributed by atoms with Crippen molar-refractivity contribution in [2.24, 2.45) is 11.7 Å². The van der Waals surface area contributed by atoms with Crippen LogP contribution in [0.15, 0.2) is 72.8 Å². The first-order valence-electron chi connectivity index (χ1n) is 14.2. The lowest BCUT2D eigenvalue weighted by Crippen LogP contribution is -2.24. The number of carbonyl (C=O) groups excluding carboxylic acids is 1. The number of para-hydroxylation sites is 2. The van der Waals surface area contributed by atoms with Crippen molar-refractivity contribution in [1.82, 2.24) is 9.55 Å². The molecule has 5 rings (SSSR count). The second-order valence-electron chi connectivity index (χ2n) is 10.3. The van der Waals surface area contributed by atoms with E-state index in [9.17, 15) is 14.7 Å². The molecular formula is C33H40ClN3O5. The molecule has 1 atom stereocenters. The van der Waals surface area contributed by atoms with Crippen LogP contribution < -0.4 is 15.2 Å². The fourth-order valence-electron chi connectivity index (χ4n) is 5.43. The number of carboxylic acids is 1. The molecule has 1 aliphatic carbocycles. The number of aryl methyl sites for hydroxylation is 1. The van der Waals surface area contributed by atoms with Crippen molar-refractivity contribution in [2.45, 2.75) is 57.4 Å². The normalized spacial score (nSPS) is 13.8. The number of benzene rings is 3. The number of imidazole rings is 1. The van der Waals surface area contributed by atoms with Crippen LogP contribution in [-0.4, -0.2) is 40.8 Å². The molecule has 0 radical (unpaired) electrons. The van der Waals surface area contributed by atoms with Gasteiger partial charge in [0.1, 0.15) is 23.4 Å². The number of hydrogen-bond acceptors (Lipinski definition) is 5. The van der Waals surface area contributed by atoms with Crippen molar-refractivity contribution in [1.29, 1.82) is 0 Å². The van der Waals surface area contributed by atoms with E-state index < -0.39 is 12.0 Å². The molecule has 1 aromatic heterocycles. The fraction of sp³-hybridized carbons (Fsp3) is 0.364. The molecule has 1 heterocycles. The first-order valence-corrected chi connectivity index (χ1v) is 14.2. The lowest BCUT2D eigenvalue weighted by atomic mass is 9.89. The first kappa shape index (κ1) is 32.5. The number of primary amides is 1. The van der Waals surface area contributed by atoms with E-state index in [-0.39, 0.29) is 24.2 Å². The maximum atomic E-state index is 12.4. The summed E-state index contributed by atoms with van der Waals surface area (Å²) in [5, 5.41) is 10.2. The van der Waals surface area contributed by atoms with E-state index in [2.05, 4.69) is 12.1 Å². The number of aromatic nitrogens is 2. The van der Waals surface area contributed by atoms with Gasteiger partial charge < -0.3 is 24.9 Å². The van der Waals surface area contributed by atoms with Crippen LogP contribution in [0.1, 0.15) is 56.6 Å². The van der Waals surface area contributed by atoms with Gasteiger partial charge in [-0.2, -0.15) is 0 Å². The number of nitrogens with two attached hydrogens (primary N) is 1. The quantitative estimate of drug-likeness (QED) is 0.208. The van der Waals surface area contributed by atoms with Crippen LogP contribution in [0.2, 0.25) is 0 Å². The van der Waals surface area contributed by atoms with Crippen LogP contribution in [0.25, 0.3) is 22.4 Å². The van der Waals surface area contributed by atoms with Gasteiger partial charge in [-0.1, -0.05) is 61.7 Å². The number of carboxylic acid groups (broad SMARTS) is 1. The third-order valence-electron chi connectivity index (χ3n) is 7.64. The molecule has 1 amide bonds. The average Bonchev–Trinajstić information content (AvgIpc) is 3.39. The molecule has 4 aromatic rings. The van der Waals surface area contributed by atoms with E-state index in [0.717, 1.165) is 42.3 Å². The highest BCUT2D eigenvalue weighted by molar-refractivity contribution is 5.86. The number of fused-ring (bicyclic) bond motifs is 1. The summed E-state index contributed by atoms with van der Waals surface area (Å²) < 4.78 is 12.7. The molecule has 1 aliphatic rings. The van der Waals surface area contributed by atoms with Gasteiger partial charge in [0.2, 0.25) is 5.91 Å². The average molecular weight is 594 g/mol. The number of halogens is 1. The summed E-state index contributed by atoms with van der Waals surface area (Å²) in [6, 6.07) is 22.4. The summed E-state index contributed by atoms with van der Waals surface area (Å²) in [5.74, 6) is 1.02. The van der Waals surface area contributed by atoms with Crippen LogP contribution >= 0.6 is 12.4 Å². The molecule has 0 bridgehead atoms. The molecule has 1 fully saturated rings. The van der Waals surface area contributed by atoms with E-state index in [4.69, 9.17) is 20.2 Å². The minimum atomic E-state index is -0.880. The molecule has 1 saturated carbocycles. The summed E-state index contributed by atoms with van der Waals surface area (Å²) in [6.45, 7) is 0. The molecule has 224 valence electrons. The topological polar surface area (TPSA) is 117 Å². The van der Waals surface area contributed by atoms with Gasteiger partial charge in [0.15, 0.2) is 0 Å². The monoisotopic (exact) mass is 593 g/mol. The number of rotatable bonds is 10. The van der Waals surface area contributed by atoms with E-state index in [1.54, 1.807) is 20.3 Å². The van der Waals surface area contributed by atoms with E-state index in [1.165, 1.54) is 24.8 Å². The maximum absolute atomic E-state index is 12.4. The summed E-state index contributed by atoms with van der Waals surface area (Å²) in [5.41, 5.74) is 8.58. The lowest BCUT2D eigenvalue weighted by Gasteiger charge is -2.19. The van der Waals surface area contributed by atoms with Gasteiger partial charge in [-0.05, 0) is 61.9 Å². The summed E-state index contributed by atoms with van der Waals surface area (Å²) in [4.78, 5) is 27.8. The Balaban J connectivity index is 0.000000415. The van der Waals surface area contributed by atoms with Gasteiger partial charge in [0.25, 0.3) is 0 Å². The van der Waals surface area contributed by atoms with Crippen LogP contribution in [0.5, 0.6) is 11.5 Å². The third kappa shape index (κ3) is 8.03. The molecule has 8 nitrogen and oxygen atoms in total. The fourth-order valence-corrected chi connectivity index (χ4v) is 5.43. The Kier molecular flexibility index (Phi) is 12.2. The van der Waals surface area contributed by atoms with Gasteiger partial charge in [-0.15, -0.1) is 12.4 Å². The van der Waals surface area contributed by atoms with Crippen LogP contribution in [0, 0.1) is 5.92 Å². The van der Waals surface area contributed by atoms with Crippen LogP contribution in [0.3, 0.4) is 0 Å². The van der Waals surface area contributed by atoms with Gasteiger partial charge in [0.05, 0.1) is 30.8 Å². The second-order valence-corrected chi connectivity index (χ2v) is 10.3. The highest BCUT2D eigenvalue weighted by atomic mass is 35.5. The van der Waals surface area contributed by atoms with Gasteiger partial charge >= 0.3 is 5.97 Å². The molecule has 3 N–H and O–H groups in total. The zero-order valence-corrected chi connectivity index (χ0v) is 25.0. The Labute approximate surface area is 253 Å². The minimum Gasteiger partial charge on any atom is -0.497 e. The SMILES string of the molecule is COc1ccc(-c2nc3ccccc3n2C(CCCc2ccccc2)C(=O)O)c(OC)c1.Cl.NC(=O)C1CCCCC1. The molecule has 0 saturated heterocycles. The molecule has 0 aliphatic heterocycles. The van der Waals surface area contributed by atoms with Crippen LogP contribution in [0.4, 0.5) is 0 Å². The Bertz CT molecular complexity index is 1450. The number of ether oxygens (including phenoxy) is 2. The Hall–Kier alpha value is -4.04. The number of methoxy groups -OCH3 is 2. The van der Waals surface area contributed by atoms with Crippen molar-refractivity contribution >= 4 is 35.3 Å². The largest absolute Gasteiger partial charge is 0.497 e. The van der Waals surface area contributed by atoms with Crippen molar-refractivity contribution < 1.29 is 24.2 Å². The van der Waals surface area contributed by atoms with Gasteiger partial charge in [0, 0.05) is 12.0 Å². The molecule has 3 aromatic carbocycles. The van der Waals surface area contributed by atoms with E-state index in [1.807, 2.05) is 59.2 Å². The molecule has 9 heteroatoms. The predicted molar refractivity (Wildman–Crippen MR) is 167 cm³/mol. The lowest BCUT2D eigenvalue weighted by molar-refractivity contribution is -0.141.